The molecule has 0 aliphatic carbocycles. The van der Waals surface area contributed by atoms with Crippen LogP contribution in [0.5, 0.6) is 0 Å². The number of thiophene rings is 1. The fourth-order valence-electron chi connectivity index (χ4n) is 1.95. The number of carbonyl (C=O) groups is 2. The molecule has 0 spiro atoms. The number of piperidine rings is 1. The van der Waals surface area contributed by atoms with Crippen LogP contribution in [0.1, 0.15) is 18.9 Å². The Morgan fingerprint density at radius 1 is 1.42 bits per heavy atom. The lowest BCUT2D eigenvalue weighted by Gasteiger charge is -2.20. The maximum absolute atomic E-state index is 11.7. The Balaban J connectivity index is 1.88. The molecule has 98 valence electrons. The predicted molar refractivity (Wildman–Crippen MR) is 69.8 cm³/mol. The minimum absolute atomic E-state index is 0.248. The monoisotopic (exact) mass is 296 g/mol. The largest absolute Gasteiger partial charge is 0.295 e. The first-order chi connectivity index (χ1) is 9.15. The van der Waals surface area contributed by atoms with Crippen LogP contribution in [0.3, 0.4) is 0 Å². The van der Waals surface area contributed by atoms with E-state index in [1.807, 2.05) is 10.8 Å². The molecule has 3 rings (SSSR count). The van der Waals surface area contributed by atoms with Crippen LogP contribution in [0.4, 0.5) is 0 Å². The average molecular weight is 297 g/mol. The summed E-state index contributed by atoms with van der Waals surface area (Å²) < 4.78 is 1.48. The molecule has 19 heavy (non-hydrogen) atoms. The highest BCUT2D eigenvalue weighted by Gasteiger charge is 2.29. The molecule has 0 bridgehead atoms. The van der Waals surface area contributed by atoms with Gasteiger partial charge in [0.05, 0.1) is 11.2 Å². The maximum atomic E-state index is 11.7. The average Bonchev–Trinajstić information content (AvgIpc) is 2.97. The van der Waals surface area contributed by atoms with Crippen LogP contribution in [-0.2, 0) is 9.59 Å². The van der Waals surface area contributed by atoms with Gasteiger partial charge in [-0.2, -0.15) is 11.3 Å². The van der Waals surface area contributed by atoms with E-state index in [-0.39, 0.29) is 11.8 Å². The van der Waals surface area contributed by atoms with Gasteiger partial charge in [-0.05, 0) is 6.42 Å². The summed E-state index contributed by atoms with van der Waals surface area (Å²) in [6, 6.07) is -0.489. The van der Waals surface area contributed by atoms with Crippen molar-refractivity contribution in [1.29, 1.82) is 0 Å². The number of aromatic nitrogens is 3. The van der Waals surface area contributed by atoms with E-state index >= 15 is 0 Å². The number of hydrogen-bond acceptors (Lipinski definition) is 5. The van der Waals surface area contributed by atoms with E-state index in [0.29, 0.717) is 23.6 Å². The molecular formula is C11H9ClN4O2S. The zero-order valence-electron chi connectivity index (χ0n) is 9.67. The van der Waals surface area contributed by atoms with E-state index in [0.717, 1.165) is 5.56 Å². The number of hydrogen-bond donors (Lipinski definition) is 1. The van der Waals surface area contributed by atoms with Gasteiger partial charge in [0.15, 0.2) is 0 Å². The Labute approximate surface area is 117 Å². The second-order valence-corrected chi connectivity index (χ2v) is 5.33. The molecule has 3 heterocycles. The maximum Gasteiger partial charge on any atom is 0.251 e. The summed E-state index contributed by atoms with van der Waals surface area (Å²) in [4.78, 5) is 22.8. The molecule has 6 nitrogen and oxygen atoms in total. The van der Waals surface area contributed by atoms with Crippen molar-refractivity contribution in [2.45, 2.75) is 18.9 Å². The fourth-order valence-corrected chi connectivity index (χ4v) is 3.02. The molecule has 1 aliphatic rings. The number of nitrogens with one attached hydrogen (secondary N) is 1. The molecule has 1 N–H and O–H groups in total. The summed E-state index contributed by atoms with van der Waals surface area (Å²) in [6.45, 7) is 0. The fraction of sp³-hybridized carbons (Fsp3) is 0.273. The second-order valence-electron chi connectivity index (χ2n) is 4.18. The van der Waals surface area contributed by atoms with E-state index in [9.17, 15) is 9.59 Å². The molecule has 2 aromatic rings. The second kappa shape index (κ2) is 4.75. The molecule has 1 atom stereocenters. The van der Waals surface area contributed by atoms with Gasteiger partial charge < -0.3 is 0 Å². The molecule has 1 saturated heterocycles. The van der Waals surface area contributed by atoms with Crippen molar-refractivity contribution in [1.82, 2.24) is 20.3 Å². The minimum atomic E-state index is -0.489. The molecular weight excluding hydrogens is 288 g/mol. The van der Waals surface area contributed by atoms with Crippen molar-refractivity contribution in [3.63, 3.8) is 0 Å². The molecule has 0 saturated carbocycles. The van der Waals surface area contributed by atoms with Gasteiger partial charge in [0.1, 0.15) is 11.7 Å². The molecule has 0 radical (unpaired) electrons. The van der Waals surface area contributed by atoms with Crippen molar-refractivity contribution in [2.75, 3.05) is 0 Å². The molecule has 8 heteroatoms. The Kier molecular flexibility index (Phi) is 3.08. The molecule has 1 aliphatic heterocycles. The zero-order valence-corrected chi connectivity index (χ0v) is 11.2. The highest BCUT2D eigenvalue weighted by Crippen LogP contribution is 2.30. The summed E-state index contributed by atoms with van der Waals surface area (Å²) in [5, 5.41) is 14.6. The predicted octanol–water partition coefficient (Wildman–Crippen LogP) is 1.64. The summed E-state index contributed by atoms with van der Waals surface area (Å²) >= 11 is 7.50. The van der Waals surface area contributed by atoms with E-state index in [4.69, 9.17) is 11.6 Å². The Hall–Kier alpha value is -1.73. The van der Waals surface area contributed by atoms with Gasteiger partial charge in [0.2, 0.25) is 5.91 Å². The highest BCUT2D eigenvalue weighted by atomic mass is 35.5. The number of nitrogens with zero attached hydrogens (tertiary/aromatic N) is 3. The standard InChI is InChI=1S/C11H9ClN4O2S/c12-7-5-19-4-6(7)8-3-16(15-14-8)9-1-2-10(17)13-11(9)18/h3-5,9H,1-2H2,(H,13,17,18). The normalized spacial score (nSPS) is 19.5. The van der Waals surface area contributed by atoms with Gasteiger partial charge in [-0.25, -0.2) is 4.68 Å². The molecule has 1 fully saturated rings. The van der Waals surface area contributed by atoms with E-state index < -0.39 is 6.04 Å². The molecule has 0 aromatic carbocycles. The van der Waals surface area contributed by atoms with Crippen molar-refractivity contribution in [2.24, 2.45) is 0 Å². The lowest BCUT2D eigenvalue weighted by atomic mass is 10.1. The van der Waals surface area contributed by atoms with Crippen LogP contribution in [-0.4, -0.2) is 26.8 Å². The van der Waals surface area contributed by atoms with Gasteiger partial charge in [-0.1, -0.05) is 16.8 Å². The SMILES string of the molecule is O=C1CCC(n2cc(-c3cscc3Cl)nn2)C(=O)N1. The van der Waals surface area contributed by atoms with Crippen molar-refractivity contribution in [3.05, 3.63) is 22.0 Å². The summed E-state index contributed by atoms with van der Waals surface area (Å²) in [6.07, 6.45) is 2.42. The number of imide groups is 1. The third kappa shape index (κ3) is 2.26. The van der Waals surface area contributed by atoms with E-state index in [1.54, 1.807) is 6.20 Å². The van der Waals surface area contributed by atoms with Crippen LogP contribution >= 0.6 is 22.9 Å². The summed E-state index contributed by atoms with van der Waals surface area (Å²) in [5.74, 6) is -0.591. The quantitative estimate of drug-likeness (QED) is 0.855. The van der Waals surface area contributed by atoms with E-state index in [1.165, 1.54) is 16.0 Å². The van der Waals surface area contributed by atoms with Crippen LogP contribution in [0.2, 0.25) is 5.02 Å². The summed E-state index contributed by atoms with van der Waals surface area (Å²) in [7, 11) is 0. The Morgan fingerprint density at radius 2 is 2.26 bits per heavy atom. The minimum Gasteiger partial charge on any atom is -0.295 e. The number of amides is 2. The lowest BCUT2D eigenvalue weighted by molar-refractivity contribution is -0.136. The van der Waals surface area contributed by atoms with Gasteiger partial charge in [0.25, 0.3) is 5.91 Å². The van der Waals surface area contributed by atoms with Crippen molar-refractivity contribution in [3.8, 4) is 11.3 Å². The zero-order chi connectivity index (χ0) is 13.4. The van der Waals surface area contributed by atoms with Gasteiger partial charge in [-0.15, -0.1) is 5.10 Å². The first-order valence-electron chi connectivity index (χ1n) is 5.63. The van der Waals surface area contributed by atoms with E-state index in [2.05, 4.69) is 15.6 Å². The first kappa shape index (κ1) is 12.3. The number of rotatable bonds is 2. The van der Waals surface area contributed by atoms with Crippen LogP contribution in [0.15, 0.2) is 17.0 Å². The first-order valence-corrected chi connectivity index (χ1v) is 6.95. The third-order valence-corrected chi connectivity index (χ3v) is 4.12. The third-order valence-electron chi connectivity index (χ3n) is 2.93. The smallest absolute Gasteiger partial charge is 0.251 e. The van der Waals surface area contributed by atoms with Crippen molar-refractivity contribution >= 4 is 34.8 Å². The van der Waals surface area contributed by atoms with Crippen molar-refractivity contribution < 1.29 is 9.59 Å². The molecule has 2 amide bonds. The van der Waals surface area contributed by atoms with Gasteiger partial charge in [-0.3, -0.25) is 14.9 Å². The van der Waals surface area contributed by atoms with Crippen LogP contribution in [0, 0.1) is 0 Å². The van der Waals surface area contributed by atoms with Gasteiger partial charge >= 0.3 is 0 Å². The molecule has 2 aromatic heterocycles. The topological polar surface area (TPSA) is 76.9 Å². The molecule has 1 unspecified atom stereocenters. The Bertz CT molecular complexity index is 651. The highest BCUT2D eigenvalue weighted by molar-refractivity contribution is 7.08. The number of halogens is 1. The lowest BCUT2D eigenvalue weighted by Crippen LogP contribution is -2.41. The Morgan fingerprint density at radius 3 is 2.95 bits per heavy atom. The van der Waals surface area contributed by atoms with Gasteiger partial charge in [0, 0.05) is 22.7 Å². The summed E-state index contributed by atoms with van der Waals surface area (Å²) in [5.41, 5.74) is 1.42. The van der Waals surface area contributed by atoms with Crippen LogP contribution < -0.4 is 5.32 Å². The number of carbonyl (C=O) groups excluding carboxylic acids is 2. The van der Waals surface area contributed by atoms with Crippen LogP contribution in [0.25, 0.3) is 11.3 Å².